The normalized spacial score (nSPS) is 12.7. The molecule has 6 rings (SSSR count). The van der Waals surface area contributed by atoms with E-state index in [-0.39, 0.29) is 18.1 Å². The molecule has 2 atom stereocenters. The Morgan fingerprint density at radius 2 is 1.26 bits per heavy atom. The van der Waals surface area contributed by atoms with E-state index < -0.39 is 21.6 Å². The van der Waals surface area contributed by atoms with Crippen LogP contribution in [0.1, 0.15) is 39.2 Å². The number of nitrogens with zero attached hydrogens (tertiary/aromatic N) is 6. The Kier molecular flexibility index (Phi) is 9.94. The topological polar surface area (TPSA) is 132 Å². The number of methoxy groups -OCH3 is 3. The quantitative estimate of drug-likeness (QED) is 0.155. The molecule has 0 bridgehead atoms. The van der Waals surface area contributed by atoms with E-state index in [0.29, 0.717) is 44.2 Å². The van der Waals surface area contributed by atoms with Gasteiger partial charge in [0.15, 0.2) is 10.3 Å². The molecule has 0 aliphatic heterocycles. The maximum atomic E-state index is 13.6. The van der Waals surface area contributed by atoms with Crippen LogP contribution in [0.2, 0.25) is 0 Å². The minimum atomic E-state index is -1.48. The second-order valence-corrected chi connectivity index (χ2v) is 14.7. The van der Waals surface area contributed by atoms with Crippen LogP contribution in [0.3, 0.4) is 0 Å². The van der Waals surface area contributed by atoms with E-state index in [9.17, 15) is 8.42 Å². The second-order valence-electron chi connectivity index (χ2n) is 12.0. The first kappa shape index (κ1) is 35.0. The SMILES string of the molecule is COc1cc2nc([S@@](=O)Cc3ncc(C)c(OC)c3C)n(C)c2cc1COc1cccc2c1nc([S@@](=O)Cc1ncc(C)c(OC)c1C)n2C. The van der Waals surface area contributed by atoms with E-state index in [1.54, 1.807) is 33.7 Å². The number of fused-ring (bicyclic) bond motifs is 2. The summed E-state index contributed by atoms with van der Waals surface area (Å²) in [4.78, 5) is 18.5. The minimum Gasteiger partial charge on any atom is -0.496 e. The summed E-state index contributed by atoms with van der Waals surface area (Å²) in [5.74, 6) is 3.00. The third kappa shape index (κ3) is 6.33. The number of imidazole rings is 2. The average Bonchev–Trinajstić information content (AvgIpc) is 3.62. The molecule has 0 aliphatic carbocycles. The van der Waals surface area contributed by atoms with Crippen LogP contribution in [-0.2, 0) is 53.8 Å². The minimum absolute atomic E-state index is 0.162. The number of hydrogen-bond donors (Lipinski definition) is 0. The van der Waals surface area contributed by atoms with Crippen LogP contribution in [-0.4, -0.2) is 58.8 Å². The lowest BCUT2D eigenvalue weighted by molar-refractivity contribution is 0.300. The Labute approximate surface area is 295 Å². The first-order valence-electron chi connectivity index (χ1n) is 15.8. The lowest BCUT2D eigenvalue weighted by Gasteiger charge is -2.12. The van der Waals surface area contributed by atoms with Crippen LogP contribution in [0.25, 0.3) is 22.1 Å². The third-order valence-corrected chi connectivity index (χ3v) is 11.5. The van der Waals surface area contributed by atoms with Crippen molar-refractivity contribution in [1.29, 1.82) is 0 Å². The Morgan fingerprint density at radius 3 is 1.82 bits per heavy atom. The van der Waals surface area contributed by atoms with Crippen LogP contribution in [0.5, 0.6) is 23.0 Å². The van der Waals surface area contributed by atoms with Gasteiger partial charge in [-0.25, -0.2) is 9.97 Å². The molecule has 262 valence electrons. The van der Waals surface area contributed by atoms with E-state index in [1.165, 1.54) is 0 Å². The molecule has 0 spiro atoms. The first-order chi connectivity index (χ1) is 24.0. The molecule has 0 saturated heterocycles. The number of pyridine rings is 2. The highest BCUT2D eigenvalue weighted by Crippen LogP contribution is 2.33. The van der Waals surface area contributed by atoms with Crippen LogP contribution in [0.4, 0.5) is 0 Å². The zero-order chi connectivity index (χ0) is 35.9. The number of aromatic nitrogens is 6. The maximum absolute atomic E-state index is 13.6. The number of ether oxygens (including phenoxy) is 4. The van der Waals surface area contributed by atoms with E-state index >= 15 is 0 Å². The second kappa shape index (κ2) is 14.2. The van der Waals surface area contributed by atoms with Crippen LogP contribution in [0, 0.1) is 27.7 Å². The summed E-state index contributed by atoms with van der Waals surface area (Å²) in [6.45, 7) is 7.87. The van der Waals surface area contributed by atoms with Crippen LogP contribution >= 0.6 is 0 Å². The lowest BCUT2D eigenvalue weighted by Crippen LogP contribution is -2.08. The molecule has 0 aliphatic rings. The van der Waals surface area contributed by atoms with Crippen molar-refractivity contribution in [1.82, 2.24) is 29.1 Å². The Bertz CT molecular complexity index is 2320. The van der Waals surface area contributed by atoms with Gasteiger partial charge in [-0.3, -0.25) is 18.4 Å². The molecule has 0 unspecified atom stereocenters. The van der Waals surface area contributed by atoms with Crippen LogP contribution in [0.15, 0.2) is 53.0 Å². The molecule has 0 N–H and O–H groups in total. The number of para-hydroxylation sites is 1. The van der Waals surface area contributed by atoms with Gasteiger partial charge >= 0.3 is 0 Å². The average molecular weight is 717 g/mol. The maximum Gasteiger partial charge on any atom is 0.200 e. The molecule has 6 aromatic rings. The highest BCUT2D eigenvalue weighted by molar-refractivity contribution is 7.84. The molecule has 2 aromatic carbocycles. The fraction of sp³-hybridized carbons (Fsp3) is 0.333. The standard InChI is InChI=1S/C36H40N6O6S2/c1-20-15-37-26(22(3)33(20)46-8)18-49(43)35-39-25-14-31(45-7)24(13-29(25)42(35)6)17-48-30-12-10-11-28-32(30)40-36(41(28)5)50(44)19-27-23(4)34(47-9)21(2)16-38-27/h10-16H,17-19H2,1-9H3/t49-,50-/m0/s1. The highest BCUT2D eigenvalue weighted by atomic mass is 32.2. The van der Waals surface area contributed by atoms with Gasteiger partial charge in [-0.15, -0.1) is 0 Å². The molecular formula is C36H40N6O6S2. The highest BCUT2D eigenvalue weighted by Gasteiger charge is 2.22. The van der Waals surface area contributed by atoms with E-state index in [2.05, 4.69) is 9.97 Å². The van der Waals surface area contributed by atoms with Crippen LogP contribution < -0.4 is 18.9 Å². The molecule has 4 aromatic heterocycles. The molecule has 0 saturated carbocycles. The van der Waals surface area contributed by atoms with Crippen molar-refractivity contribution in [3.8, 4) is 23.0 Å². The summed E-state index contributed by atoms with van der Waals surface area (Å²) in [5, 5.41) is 0.842. The van der Waals surface area contributed by atoms with Gasteiger partial charge in [0.1, 0.15) is 35.1 Å². The summed E-state index contributed by atoms with van der Waals surface area (Å²) in [6.07, 6.45) is 3.47. The number of rotatable bonds is 12. The van der Waals surface area contributed by atoms with Gasteiger partial charge < -0.3 is 28.1 Å². The Balaban J connectivity index is 1.26. The first-order valence-corrected chi connectivity index (χ1v) is 18.5. The van der Waals surface area contributed by atoms with E-state index in [4.69, 9.17) is 28.9 Å². The third-order valence-electron chi connectivity index (χ3n) is 8.90. The zero-order valence-electron chi connectivity index (χ0n) is 29.6. The molecule has 12 nitrogen and oxygen atoms in total. The summed E-state index contributed by atoms with van der Waals surface area (Å²) >= 11 is 0. The van der Waals surface area contributed by atoms with Gasteiger partial charge in [0.2, 0.25) is 0 Å². The Morgan fingerprint density at radius 1 is 0.700 bits per heavy atom. The summed E-state index contributed by atoms with van der Waals surface area (Å²) in [5.41, 5.74) is 8.55. The summed E-state index contributed by atoms with van der Waals surface area (Å²) < 4.78 is 54.0. The van der Waals surface area contributed by atoms with Crippen molar-refractivity contribution in [2.24, 2.45) is 14.1 Å². The van der Waals surface area contributed by atoms with Crippen molar-refractivity contribution in [2.75, 3.05) is 21.3 Å². The lowest BCUT2D eigenvalue weighted by atomic mass is 10.1. The molecule has 4 heterocycles. The number of aryl methyl sites for hydroxylation is 4. The largest absolute Gasteiger partial charge is 0.496 e. The van der Waals surface area contributed by atoms with Gasteiger partial charge in [-0.05, 0) is 45.9 Å². The number of hydrogen-bond acceptors (Lipinski definition) is 10. The predicted octanol–water partition coefficient (Wildman–Crippen LogP) is 5.70. The van der Waals surface area contributed by atoms with Crippen molar-refractivity contribution in [3.63, 3.8) is 0 Å². The zero-order valence-corrected chi connectivity index (χ0v) is 31.2. The molecule has 14 heteroatoms. The molecular weight excluding hydrogens is 677 g/mol. The van der Waals surface area contributed by atoms with Crippen molar-refractivity contribution >= 4 is 43.7 Å². The van der Waals surface area contributed by atoms with Crippen molar-refractivity contribution in [3.05, 3.63) is 81.9 Å². The van der Waals surface area contributed by atoms with E-state index in [1.807, 2.05) is 81.3 Å². The van der Waals surface area contributed by atoms with Gasteiger partial charge in [-0.2, -0.15) is 0 Å². The van der Waals surface area contributed by atoms with Crippen molar-refractivity contribution in [2.45, 2.75) is 56.1 Å². The molecule has 0 radical (unpaired) electrons. The Hall–Kier alpha value is -4.82. The fourth-order valence-electron chi connectivity index (χ4n) is 6.20. The molecule has 50 heavy (non-hydrogen) atoms. The molecule has 0 amide bonds. The number of benzene rings is 2. The van der Waals surface area contributed by atoms with Gasteiger partial charge in [0.05, 0.1) is 82.4 Å². The monoisotopic (exact) mass is 716 g/mol. The van der Waals surface area contributed by atoms with Gasteiger partial charge in [-0.1, -0.05) is 6.07 Å². The summed E-state index contributed by atoms with van der Waals surface area (Å²) in [7, 11) is 5.56. The molecule has 0 fully saturated rings. The summed E-state index contributed by atoms with van der Waals surface area (Å²) in [6, 6.07) is 9.40. The van der Waals surface area contributed by atoms with Gasteiger partial charge in [0, 0.05) is 60.4 Å². The predicted molar refractivity (Wildman–Crippen MR) is 193 cm³/mol. The smallest absolute Gasteiger partial charge is 0.200 e. The fourth-order valence-corrected chi connectivity index (χ4v) is 8.74. The van der Waals surface area contributed by atoms with Gasteiger partial charge in [0.25, 0.3) is 0 Å². The van der Waals surface area contributed by atoms with Crippen molar-refractivity contribution < 1.29 is 27.4 Å². The van der Waals surface area contributed by atoms with E-state index in [0.717, 1.165) is 50.3 Å².